The molecular weight excluding hydrogens is 376 g/mol. The number of amides is 2. The average molecular weight is 398 g/mol. The molecule has 2 amide bonds. The Morgan fingerprint density at radius 3 is 2.41 bits per heavy atom. The highest BCUT2D eigenvalue weighted by Gasteiger charge is 2.08. The predicted octanol–water partition coefficient (Wildman–Crippen LogP) is 2.56. The number of hydrogen-bond donors (Lipinski definition) is 3. The number of carbonyl (C=O) groups excluding carboxylic acids is 2. The van der Waals surface area contributed by atoms with Gasteiger partial charge >= 0.3 is 5.97 Å². The molecule has 0 heterocycles. The van der Waals surface area contributed by atoms with Crippen molar-refractivity contribution in [3.63, 3.8) is 0 Å². The molecule has 0 saturated carbocycles. The quantitative estimate of drug-likeness (QED) is 0.560. The van der Waals surface area contributed by atoms with Gasteiger partial charge in [-0.05, 0) is 55.0 Å². The Morgan fingerprint density at radius 2 is 1.79 bits per heavy atom. The Balaban J connectivity index is 1.96. The first kappa shape index (κ1) is 21.5. The second kappa shape index (κ2) is 10.5. The van der Waals surface area contributed by atoms with E-state index in [1.54, 1.807) is 37.5 Å². The minimum Gasteiger partial charge on any atom is -0.493 e. The van der Waals surface area contributed by atoms with E-state index < -0.39 is 18.4 Å². The van der Waals surface area contributed by atoms with Gasteiger partial charge in [-0.15, -0.1) is 0 Å². The maximum absolute atomic E-state index is 12.1. The number of hydrogen-bond acceptors (Lipinski definition) is 5. The highest BCUT2D eigenvalue weighted by Crippen LogP contribution is 2.28. The third-order valence-corrected chi connectivity index (χ3v) is 3.73. The number of anilines is 1. The molecule has 0 saturated heterocycles. The molecule has 0 aliphatic rings. The Morgan fingerprint density at radius 1 is 1.07 bits per heavy atom. The van der Waals surface area contributed by atoms with E-state index in [1.807, 2.05) is 13.0 Å². The molecule has 0 bridgehead atoms. The topological polar surface area (TPSA) is 114 Å². The van der Waals surface area contributed by atoms with Gasteiger partial charge in [-0.2, -0.15) is 0 Å². The Bertz CT molecular complexity index is 906. The monoisotopic (exact) mass is 398 g/mol. The first-order valence-electron chi connectivity index (χ1n) is 8.83. The van der Waals surface area contributed by atoms with Gasteiger partial charge in [-0.3, -0.25) is 14.4 Å². The molecule has 2 aromatic carbocycles. The van der Waals surface area contributed by atoms with E-state index in [4.69, 9.17) is 14.6 Å². The molecule has 152 valence electrons. The Hall–Kier alpha value is -3.81. The summed E-state index contributed by atoms with van der Waals surface area (Å²) in [7, 11) is 1.55. The molecule has 2 rings (SSSR count). The third kappa shape index (κ3) is 6.69. The van der Waals surface area contributed by atoms with Crippen LogP contribution in [0.2, 0.25) is 0 Å². The van der Waals surface area contributed by atoms with E-state index in [9.17, 15) is 14.4 Å². The molecule has 0 aromatic heterocycles. The second-order valence-corrected chi connectivity index (χ2v) is 5.82. The summed E-state index contributed by atoms with van der Waals surface area (Å²) in [6, 6.07) is 11.4. The zero-order chi connectivity index (χ0) is 21.2. The summed E-state index contributed by atoms with van der Waals surface area (Å²) >= 11 is 0. The highest BCUT2D eigenvalue weighted by atomic mass is 16.5. The van der Waals surface area contributed by atoms with Crippen molar-refractivity contribution in [2.75, 3.05) is 25.6 Å². The number of carbonyl (C=O) groups is 3. The van der Waals surface area contributed by atoms with E-state index >= 15 is 0 Å². The van der Waals surface area contributed by atoms with E-state index in [0.717, 1.165) is 5.56 Å². The van der Waals surface area contributed by atoms with Crippen molar-refractivity contribution in [2.45, 2.75) is 6.92 Å². The number of rotatable bonds is 9. The zero-order valence-electron chi connectivity index (χ0n) is 16.1. The van der Waals surface area contributed by atoms with Crippen molar-refractivity contribution < 1.29 is 29.0 Å². The fourth-order valence-electron chi connectivity index (χ4n) is 2.38. The maximum Gasteiger partial charge on any atom is 0.322 e. The second-order valence-electron chi connectivity index (χ2n) is 5.82. The summed E-state index contributed by atoms with van der Waals surface area (Å²) in [6.07, 6.45) is 3.02. The van der Waals surface area contributed by atoms with Gasteiger partial charge in [0, 0.05) is 17.3 Å². The minimum absolute atomic E-state index is 0.293. The Labute approximate surface area is 168 Å². The molecule has 8 heteroatoms. The smallest absolute Gasteiger partial charge is 0.322 e. The highest BCUT2D eigenvalue weighted by molar-refractivity contribution is 6.02. The molecule has 0 aliphatic heterocycles. The summed E-state index contributed by atoms with van der Waals surface area (Å²) in [5.74, 6) is -0.773. The molecule has 8 nitrogen and oxygen atoms in total. The molecule has 0 aliphatic carbocycles. The van der Waals surface area contributed by atoms with Crippen LogP contribution in [-0.4, -0.2) is 43.2 Å². The van der Waals surface area contributed by atoms with Gasteiger partial charge in [0.1, 0.15) is 6.54 Å². The molecule has 3 N–H and O–H groups in total. The largest absolute Gasteiger partial charge is 0.493 e. The minimum atomic E-state index is -1.13. The molecular formula is C21H22N2O6. The number of benzene rings is 2. The van der Waals surface area contributed by atoms with Crippen LogP contribution in [0.25, 0.3) is 6.08 Å². The summed E-state index contributed by atoms with van der Waals surface area (Å²) in [6.45, 7) is 1.94. The number of methoxy groups -OCH3 is 1. The van der Waals surface area contributed by atoms with Gasteiger partial charge in [-0.25, -0.2) is 0 Å². The molecule has 0 spiro atoms. The number of ether oxygens (including phenoxy) is 2. The average Bonchev–Trinajstić information content (AvgIpc) is 2.72. The van der Waals surface area contributed by atoms with E-state index in [-0.39, 0.29) is 5.91 Å². The molecule has 0 atom stereocenters. The van der Waals surface area contributed by atoms with Crippen LogP contribution in [0, 0.1) is 0 Å². The number of aliphatic carboxylic acids is 1. The van der Waals surface area contributed by atoms with Gasteiger partial charge < -0.3 is 25.2 Å². The lowest BCUT2D eigenvalue weighted by Gasteiger charge is -2.09. The molecule has 0 unspecified atom stereocenters. The van der Waals surface area contributed by atoms with Gasteiger partial charge in [0.15, 0.2) is 11.5 Å². The van der Waals surface area contributed by atoms with Crippen molar-refractivity contribution in [1.82, 2.24) is 5.32 Å². The Kier molecular flexibility index (Phi) is 7.78. The van der Waals surface area contributed by atoms with Crippen LogP contribution in [0.4, 0.5) is 5.69 Å². The summed E-state index contributed by atoms with van der Waals surface area (Å²) in [5, 5.41) is 13.5. The van der Waals surface area contributed by atoms with Crippen LogP contribution in [-0.2, 0) is 9.59 Å². The van der Waals surface area contributed by atoms with Gasteiger partial charge in [0.25, 0.3) is 5.91 Å². The number of carboxylic acids is 1. The van der Waals surface area contributed by atoms with Crippen molar-refractivity contribution in [1.29, 1.82) is 0 Å². The molecule has 29 heavy (non-hydrogen) atoms. The number of nitrogens with one attached hydrogen (secondary N) is 2. The maximum atomic E-state index is 12.1. The van der Waals surface area contributed by atoms with E-state index in [2.05, 4.69) is 10.6 Å². The standard InChI is InChI=1S/C21H22N2O6/c1-3-29-17-10-4-14(12-18(17)28-2)5-11-19(24)23-16-8-6-15(7-9-16)21(27)22-13-20(25)26/h4-12H,3,13H2,1-2H3,(H,22,27)(H,23,24)(H,25,26)/b11-5+. The summed E-state index contributed by atoms with van der Waals surface area (Å²) in [4.78, 5) is 34.3. The van der Waals surface area contributed by atoms with Gasteiger partial charge in [0.2, 0.25) is 5.91 Å². The van der Waals surface area contributed by atoms with Crippen LogP contribution in [0.15, 0.2) is 48.5 Å². The third-order valence-electron chi connectivity index (χ3n) is 3.73. The molecule has 2 aromatic rings. The lowest BCUT2D eigenvalue weighted by atomic mass is 10.1. The lowest BCUT2D eigenvalue weighted by molar-refractivity contribution is -0.135. The first-order valence-corrected chi connectivity index (χ1v) is 8.83. The van der Waals surface area contributed by atoms with Crippen molar-refractivity contribution in [3.05, 3.63) is 59.7 Å². The van der Waals surface area contributed by atoms with E-state index in [1.165, 1.54) is 18.2 Å². The van der Waals surface area contributed by atoms with Crippen LogP contribution >= 0.6 is 0 Å². The van der Waals surface area contributed by atoms with Crippen LogP contribution in [0.1, 0.15) is 22.8 Å². The van der Waals surface area contributed by atoms with Crippen molar-refractivity contribution >= 4 is 29.5 Å². The number of carboxylic acid groups (broad SMARTS) is 1. The van der Waals surface area contributed by atoms with Crippen LogP contribution in [0.5, 0.6) is 11.5 Å². The lowest BCUT2D eigenvalue weighted by Crippen LogP contribution is -2.29. The fraction of sp³-hybridized carbons (Fsp3) is 0.190. The molecule has 0 fully saturated rings. The van der Waals surface area contributed by atoms with Crippen molar-refractivity contribution in [2.24, 2.45) is 0 Å². The van der Waals surface area contributed by atoms with Gasteiger partial charge in [0.05, 0.1) is 13.7 Å². The first-order chi connectivity index (χ1) is 13.9. The van der Waals surface area contributed by atoms with E-state index in [0.29, 0.717) is 29.4 Å². The summed E-state index contributed by atoms with van der Waals surface area (Å²) < 4.78 is 10.7. The zero-order valence-corrected chi connectivity index (χ0v) is 16.1. The normalized spacial score (nSPS) is 10.4. The van der Waals surface area contributed by atoms with Crippen molar-refractivity contribution in [3.8, 4) is 11.5 Å². The SMILES string of the molecule is CCOc1ccc(/C=C/C(=O)Nc2ccc(C(=O)NCC(=O)O)cc2)cc1OC. The fourth-order valence-corrected chi connectivity index (χ4v) is 2.38. The van der Waals surface area contributed by atoms with Gasteiger partial charge in [-0.1, -0.05) is 6.07 Å². The van der Waals surface area contributed by atoms with Crippen LogP contribution in [0.3, 0.4) is 0 Å². The predicted molar refractivity (Wildman–Crippen MR) is 108 cm³/mol. The van der Waals surface area contributed by atoms with Crippen LogP contribution < -0.4 is 20.1 Å². The summed E-state index contributed by atoms with van der Waals surface area (Å²) in [5.41, 5.74) is 1.56. The molecule has 0 radical (unpaired) electrons.